The lowest BCUT2D eigenvalue weighted by Gasteiger charge is -2.29. The zero-order valence-corrected chi connectivity index (χ0v) is 12.0. The first-order chi connectivity index (χ1) is 9.56. The van der Waals surface area contributed by atoms with Gasteiger partial charge >= 0.3 is 5.69 Å². The number of rotatable bonds is 1. The Labute approximate surface area is 120 Å². The van der Waals surface area contributed by atoms with E-state index in [4.69, 9.17) is 11.6 Å². The summed E-state index contributed by atoms with van der Waals surface area (Å²) in [5.74, 6) is 0. The average molecular weight is 294 g/mol. The summed E-state index contributed by atoms with van der Waals surface area (Å²) in [5, 5.41) is 1.01. The number of nitrogens with zero attached hydrogens (tertiary/aromatic N) is 2. The van der Waals surface area contributed by atoms with E-state index in [2.05, 4.69) is 9.88 Å². The number of H-pyrrole nitrogens is 1. The minimum Gasteiger partial charge on any atom is -0.307 e. The second-order valence-corrected chi connectivity index (χ2v) is 5.77. The number of piperidine rings is 1. The van der Waals surface area contributed by atoms with Crippen LogP contribution in [0.3, 0.4) is 0 Å². The third-order valence-corrected chi connectivity index (χ3v) is 4.18. The van der Waals surface area contributed by atoms with Gasteiger partial charge in [-0.05, 0) is 51.2 Å². The van der Waals surface area contributed by atoms with Gasteiger partial charge in [-0.25, -0.2) is 4.79 Å². The minimum absolute atomic E-state index is 0.0254. The van der Waals surface area contributed by atoms with E-state index in [1.165, 1.54) is 4.57 Å². The Bertz CT molecular complexity index is 757. The fourth-order valence-electron chi connectivity index (χ4n) is 2.79. The van der Waals surface area contributed by atoms with Crippen LogP contribution in [0.2, 0.25) is 5.02 Å². The van der Waals surface area contributed by atoms with Crippen LogP contribution in [-0.4, -0.2) is 34.6 Å². The second kappa shape index (κ2) is 5.07. The quantitative estimate of drug-likeness (QED) is 0.869. The summed E-state index contributed by atoms with van der Waals surface area (Å²) in [6, 6.07) is 4.92. The highest BCUT2D eigenvalue weighted by atomic mass is 35.5. The molecule has 0 atom stereocenters. The Hall–Kier alpha value is -1.59. The lowest BCUT2D eigenvalue weighted by molar-refractivity contribution is 0.216. The van der Waals surface area contributed by atoms with E-state index in [-0.39, 0.29) is 17.3 Å². The number of benzene rings is 1. The Kier molecular flexibility index (Phi) is 3.40. The van der Waals surface area contributed by atoms with Gasteiger partial charge in [-0.1, -0.05) is 11.6 Å². The van der Waals surface area contributed by atoms with Crippen molar-refractivity contribution in [1.29, 1.82) is 0 Å². The molecule has 20 heavy (non-hydrogen) atoms. The van der Waals surface area contributed by atoms with Crippen molar-refractivity contribution in [2.24, 2.45) is 0 Å². The van der Waals surface area contributed by atoms with Gasteiger partial charge in [-0.3, -0.25) is 9.36 Å². The monoisotopic (exact) mass is 293 g/mol. The predicted molar refractivity (Wildman–Crippen MR) is 79.6 cm³/mol. The van der Waals surface area contributed by atoms with Crippen LogP contribution in [-0.2, 0) is 0 Å². The lowest BCUT2D eigenvalue weighted by atomic mass is 10.1. The molecule has 1 saturated heterocycles. The van der Waals surface area contributed by atoms with E-state index in [1.54, 1.807) is 18.2 Å². The van der Waals surface area contributed by atoms with Crippen molar-refractivity contribution in [2.75, 3.05) is 20.1 Å². The first-order valence-corrected chi connectivity index (χ1v) is 7.06. The van der Waals surface area contributed by atoms with Crippen LogP contribution >= 0.6 is 11.6 Å². The number of aromatic nitrogens is 2. The van der Waals surface area contributed by atoms with Crippen molar-refractivity contribution in [3.63, 3.8) is 0 Å². The van der Waals surface area contributed by atoms with Gasteiger partial charge < -0.3 is 9.88 Å². The number of aromatic amines is 1. The van der Waals surface area contributed by atoms with Crippen LogP contribution in [0.15, 0.2) is 27.8 Å². The number of fused-ring (bicyclic) bond motifs is 1. The Morgan fingerprint density at radius 3 is 2.65 bits per heavy atom. The molecule has 0 unspecified atom stereocenters. The fourth-order valence-corrected chi connectivity index (χ4v) is 2.96. The van der Waals surface area contributed by atoms with Gasteiger partial charge in [0.1, 0.15) is 0 Å². The summed E-state index contributed by atoms with van der Waals surface area (Å²) in [6.45, 7) is 1.80. The molecule has 0 aliphatic carbocycles. The molecule has 6 heteroatoms. The molecular formula is C14H16ClN3O2. The van der Waals surface area contributed by atoms with E-state index < -0.39 is 0 Å². The Balaban J connectivity index is 2.14. The third-order valence-electron chi connectivity index (χ3n) is 3.94. The van der Waals surface area contributed by atoms with Gasteiger partial charge in [0.25, 0.3) is 5.56 Å². The van der Waals surface area contributed by atoms with Crippen LogP contribution in [0.5, 0.6) is 0 Å². The molecule has 0 amide bonds. The van der Waals surface area contributed by atoms with Crippen molar-refractivity contribution in [1.82, 2.24) is 14.5 Å². The standard InChI is InChI=1S/C14H16ClN3O2/c1-17-6-4-10(5-7-17)18-13(19)11-3-2-9(15)8-12(11)16-14(18)20/h2-3,8,10H,4-7H2,1H3,(H,16,20). The molecule has 0 bridgehead atoms. The van der Waals surface area contributed by atoms with E-state index in [1.807, 2.05) is 7.05 Å². The molecule has 0 radical (unpaired) electrons. The Morgan fingerprint density at radius 2 is 1.95 bits per heavy atom. The molecule has 1 aromatic heterocycles. The first kappa shape index (κ1) is 13.4. The summed E-state index contributed by atoms with van der Waals surface area (Å²) in [4.78, 5) is 29.7. The van der Waals surface area contributed by atoms with E-state index in [0.29, 0.717) is 15.9 Å². The van der Waals surface area contributed by atoms with Gasteiger partial charge in [0.15, 0.2) is 0 Å². The largest absolute Gasteiger partial charge is 0.329 e. The molecule has 1 aliphatic rings. The smallest absolute Gasteiger partial charge is 0.307 e. The number of hydrogen-bond donors (Lipinski definition) is 1. The van der Waals surface area contributed by atoms with Crippen LogP contribution in [0.25, 0.3) is 10.9 Å². The van der Waals surface area contributed by atoms with Crippen molar-refractivity contribution in [3.05, 3.63) is 44.1 Å². The highest BCUT2D eigenvalue weighted by molar-refractivity contribution is 6.31. The van der Waals surface area contributed by atoms with Gasteiger partial charge in [-0.15, -0.1) is 0 Å². The second-order valence-electron chi connectivity index (χ2n) is 5.33. The lowest BCUT2D eigenvalue weighted by Crippen LogP contribution is -2.42. The fraction of sp³-hybridized carbons (Fsp3) is 0.429. The minimum atomic E-state index is -0.348. The number of halogens is 1. The van der Waals surface area contributed by atoms with Gasteiger partial charge in [0.2, 0.25) is 0 Å². The maximum atomic E-state index is 12.5. The maximum absolute atomic E-state index is 12.5. The van der Waals surface area contributed by atoms with Crippen molar-refractivity contribution in [2.45, 2.75) is 18.9 Å². The molecule has 1 N–H and O–H groups in total. The summed E-state index contributed by atoms with van der Waals surface area (Å²) >= 11 is 5.89. The molecule has 2 heterocycles. The first-order valence-electron chi connectivity index (χ1n) is 6.69. The zero-order valence-electron chi connectivity index (χ0n) is 11.2. The van der Waals surface area contributed by atoms with Crippen molar-refractivity contribution in [3.8, 4) is 0 Å². The normalized spacial score (nSPS) is 17.7. The zero-order chi connectivity index (χ0) is 14.3. The highest BCUT2D eigenvalue weighted by Gasteiger charge is 2.22. The molecular weight excluding hydrogens is 278 g/mol. The summed E-state index contributed by atoms with van der Waals surface area (Å²) in [6.07, 6.45) is 1.64. The molecule has 0 saturated carbocycles. The van der Waals surface area contributed by atoms with E-state index in [0.717, 1.165) is 25.9 Å². The molecule has 0 spiro atoms. The molecule has 2 aromatic rings. The Morgan fingerprint density at radius 1 is 1.25 bits per heavy atom. The van der Waals surface area contributed by atoms with Crippen LogP contribution < -0.4 is 11.2 Å². The third kappa shape index (κ3) is 2.27. The molecule has 1 aromatic carbocycles. The van der Waals surface area contributed by atoms with Gasteiger partial charge in [-0.2, -0.15) is 0 Å². The van der Waals surface area contributed by atoms with Crippen LogP contribution in [0.4, 0.5) is 0 Å². The van der Waals surface area contributed by atoms with Crippen LogP contribution in [0, 0.1) is 0 Å². The van der Waals surface area contributed by atoms with Crippen molar-refractivity contribution >= 4 is 22.5 Å². The molecule has 3 rings (SSSR count). The predicted octanol–water partition coefficient (Wildman–Crippen LogP) is 1.61. The number of nitrogens with one attached hydrogen (secondary N) is 1. The number of hydrogen-bond acceptors (Lipinski definition) is 3. The average Bonchev–Trinajstić information content (AvgIpc) is 2.40. The highest BCUT2D eigenvalue weighted by Crippen LogP contribution is 2.20. The molecule has 106 valence electrons. The molecule has 1 aliphatic heterocycles. The van der Waals surface area contributed by atoms with Gasteiger partial charge in [0, 0.05) is 11.1 Å². The van der Waals surface area contributed by atoms with Crippen molar-refractivity contribution < 1.29 is 0 Å². The van der Waals surface area contributed by atoms with E-state index >= 15 is 0 Å². The van der Waals surface area contributed by atoms with E-state index in [9.17, 15) is 9.59 Å². The SMILES string of the molecule is CN1CCC(n2c(=O)[nH]c3cc(Cl)ccc3c2=O)CC1. The number of likely N-dealkylation sites (tertiary alicyclic amines) is 1. The molecule has 5 nitrogen and oxygen atoms in total. The summed E-state index contributed by atoms with van der Waals surface area (Å²) in [7, 11) is 2.05. The van der Waals surface area contributed by atoms with Gasteiger partial charge in [0.05, 0.1) is 10.9 Å². The summed E-state index contributed by atoms with van der Waals surface area (Å²) < 4.78 is 1.36. The topological polar surface area (TPSA) is 58.1 Å². The maximum Gasteiger partial charge on any atom is 0.329 e. The van der Waals surface area contributed by atoms with Crippen LogP contribution in [0.1, 0.15) is 18.9 Å². The molecule has 1 fully saturated rings. The summed E-state index contributed by atoms with van der Waals surface area (Å²) in [5.41, 5.74) is -0.0778.